The largest absolute Gasteiger partial charge is 0.463 e. The van der Waals surface area contributed by atoms with Gasteiger partial charge in [-0.3, -0.25) is 4.79 Å². The SMILES string of the molecule is CC.O=C(N/N=C/c1ccco1)C1=CC=C(Cl)C=CC1. The lowest BCUT2D eigenvalue weighted by molar-refractivity contribution is -0.117. The van der Waals surface area contributed by atoms with Crippen molar-refractivity contribution in [3.05, 3.63) is 59.1 Å². The Morgan fingerprint density at radius 3 is 2.95 bits per heavy atom. The third kappa shape index (κ3) is 5.28. The molecule has 0 spiro atoms. The average Bonchev–Trinajstić information content (AvgIpc) is 2.88. The highest BCUT2D eigenvalue weighted by Crippen LogP contribution is 2.13. The molecule has 0 aliphatic heterocycles. The number of nitrogens with zero attached hydrogens (tertiary/aromatic N) is 1. The number of allylic oxidation sites excluding steroid dienone is 5. The van der Waals surface area contributed by atoms with E-state index in [1.165, 1.54) is 12.5 Å². The van der Waals surface area contributed by atoms with Gasteiger partial charge in [-0.15, -0.1) is 0 Å². The Hall–Kier alpha value is -2.07. The zero-order valence-corrected chi connectivity index (χ0v) is 12.2. The predicted molar refractivity (Wildman–Crippen MR) is 81.6 cm³/mol. The lowest BCUT2D eigenvalue weighted by Gasteiger charge is -2.00. The second-order valence-corrected chi connectivity index (χ2v) is 4.00. The Labute approximate surface area is 123 Å². The van der Waals surface area contributed by atoms with Gasteiger partial charge in [0.15, 0.2) is 0 Å². The first-order chi connectivity index (χ1) is 9.75. The maximum absolute atomic E-state index is 11.8. The maximum Gasteiger partial charge on any atom is 0.267 e. The molecule has 0 fully saturated rings. The molecule has 1 amide bonds. The minimum Gasteiger partial charge on any atom is -0.463 e. The number of hydrazone groups is 1. The first-order valence-corrected chi connectivity index (χ1v) is 6.73. The van der Waals surface area contributed by atoms with Gasteiger partial charge >= 0.3 is 0 Å². The van der Waals surface area contributed by atoms with Crippen molar-refractivity contribution in [1.82, 2.24) is 5.43 Å². The molecule has 0 radical (unpaired) electrons. The number of carbonyl (C=O) groups is 1. The molecule has 1 N–H and O–H groups in total. The Bertz CT molecular complexity index is 540. The van der Waals surface area contributed by atoms with Gasteiger partial charge < -0.3 is 4.42 Å². The van der Waals surface area contributed by atoms with Gasteiger partial charge in [-0.25, -0.2) is 5.43 Å². The van der Waals surface area contributed by atoms with E-state index in [1.807, 2.05) is 19.9 Å². The fraction of sp³-hybridized carbons (Fsp3) is 0.200. The van der Waals surface area contributed by atoms with Crippen molar-refractivity contribution in [2.45, 2.75) is 20.3 Å². The second-order valence-electron chi connectivity index (χ2n) is 3.56. The van der Waals surface area contributed by atoms with Crippen molar-refractivity contribution in [3.8, 4) is 0 Å². The highest BCUT2D eigenvalue weighted by atomic mass is 35.5. The van der Waals surface area contributed by atoms with Gasteiger partial charge in [0.2, 0.25) is 0 Å². The first-order valence-electron chi connectivity index (χ1n) is 6.35. The van der Waals surface area contributed by atoms with E-state index in [9.17, 15) is 4.79 Å². The Balaban J connectivity index is 0.000000956. The molecular formula is C15H17ClN2O2. The number of halogens is 1. The molecule has 106 valence electrons. The summed E-state index contributed by atoms with van der Waals surface area (Å²) >= 11 is 5.82. The average molecular weight is 293 g/mol. The molecule has 0 aromatic carbocycles. The Morgan fingerprint density at radius 2 is 2.25 bits per heavy atom. The van der Waals surface area contributed by atoms with Crippen molar-refractivity contribution in [2.75, 3.05) is 0 Å². The van der Waals surface area contributed by atoms with E-state index in [4.69, 9.17) is 16.0 Å². The molecule has 1 aromatic rings. The lowest BCUT2D eigenvalue weighted by atomic mass is 10.2. The van der Waals surface area contributed by atoms with E-state index in [0.29, 0.717) is 22.8 Å². The van der Waals surface area contributed by atoms with E-state index in [0.717, 1.165) is 0 Å². The molecule has 4 nitrogen and oxygen atoms in total. The van der Waals surface area contributed by atoms with Crippen LogP contribution in [0.3, 0.4) is 0 Å². The monoisotopic (exact) mass is 292 g/mol. The minimum absolute atomic E-state index is 0.259. The molecule has 1 aromatic heterocycles. The first kappa shape index (κ1) is 16.0. The number of nitrogens with one attached hydrogen (secondary N) is 1. The van der Waals surface area contributed by atoms with Crippen LogP contribution in [0.2, 0.25) is 0 Å². The zero-order valence-electron chi connectivity index (χ0n) is 11.5. The van der Waals surface area contributed by atoms with Crippen LogP contribution in [0.15, 0.2) is 62.8 Å². The van der Waals surface area contributed by atoms with E-state index in [-0.39, 0.29) is 5.91 Å². The summed E-state index contributed by atoms with van der Waals surface area (Å²) in [6.07, 6.45) is 10.4. The van der Waals surface area contributed by atoms with Crippen molar-refractivity contribution in [1.29, 1.82) is 0 Å². The van der Waals surface area contributed by atoms with Gasteiger partial charge in [-0.1, -0.05) is 37.6 Å². The Kier molecular flexibility index (Phi) is 7.14. The van der Waals surface area contributed by atoms with Crippen LogP contribution in [-0.4, -0.2) is 12.1 Å². The van der Waals surface area contributed by atoms with E-state index in [2.05, 4.69) is 10.5 Å². The zero-order chi connectivity index (χ0) is 14.8. The van der Waals surface area contributed by atoms with Crippen molar-refractivity contribution in [2.24, 2.45) is 5.10 Å². The highest BCUT2D eigenvalue weighted by molar-refractivity contribution is 6.31. The molecule has 1 aliphatic rings. The van der Waals surface area contributed by atoms with E-state index in [1.54, 1.807) is 30.4 Å². The maximum atomic E-state index is 11.8. The summed E-state index contributed by atoms with van der Waals surface area (Å²) in [7, 11) is 0. The standard InChI is InChI=1S/C13H11ClN2O2.C2H6/c14-11-4-1-3-10(6-7-11)13(17)16-15-9-12-5-2-8-18-12;1-2/h1-2,4-9H,3H2,(H,16,17);1-2H3/b15-9+;. The third-order valence-corrected chi connectivity index (χ3v) is 2.50. The molecule has 2 rings (SSSR count). The fourth-order valence-electron chi connectivity index (χ4n) is 1.36. The van der Waals surface area contributed by atoms with Crippen LogP contribution in [0.1, 0.15) is 26.0 Å². The van der Waals surface area contributed by atoms with Crippen LogP contribution >= 0.6 is 11.6 Å². The molecule has 0 saturated heterocycles. The van der Waals surface area contributed by atoms with Gasteiger partial charge in [0.1, 0.15) is 5.76 Å². The highest BCUT2D eigenvalue weighted by Gasteiger charge is 2.07. The summed E-state index contributed by atoms with van der Waals surface area (Å²) in [6, 6.07) is 3.49. The molecule has 0 saturated carbocycles. The summed E-state index contributed by atoms with van der Waals surface area (Å²) in [5.41, 5.74) is 3.03. The number of furan rings is 1. The minimum atomic E-state index is -0.259. The van der Waals surface area contributed by atoms with Crippen LogP contribution in [-0.2, 0) is 4.79 Å². The number of hydrogen-bond donors (Lipinski definition) is 1. The molecule has 0 bridgehead atoms. The van der Waals surface area contributed by atoms with Crippen LogP contribution in [0, 0.1) is 0 Å². The molecule has 1 aliphatic carbocycles. The molecule has 5 heteroatoms. The second kappa shape index (κ2) is 8.93. The summed E-state index contributed by atoms with van der Waals surface area (Å²) < 4.78 is 5.04. The van der Waals surface area contributed by atoms with Gasteiger partial charge in [-0.2, -0.15) is 5.10 Å². The predicted octanol–water partition coefficient (Wildman–Crippen LogP) is 3.76. The topological polar surface area (TPSA) is 54.6 Å². The molecule has 0 atom stereocenters. The number of carbonyl (C=O) groups excluding carboxylic acids is 1. The number of amides is 1. The van der Waals surface area contributed by atoms with Crippen molar-refractivity contribution >= 4 is 23.7 Å². The van der Waals surface area contributed by atoms with Crippen LogP contribution < -0.4 is 5.43 Å². The van der Waals surface area contributed by atoms with Crippen LogP contribution in [0.4, 0.5) is 0 Å². The molecule has 20 heavy (non-hydrogen) atoms. The van der Waals surface area contributed by atoms with Gasteiger partial charge in [-0.05, 0) is 30.7 Å². The number of rotatable bonds is 3. The molecular weight excluding hydrogens is 276 g/mol. The van der Waals surface area contributed by atoms with E-state index >= 15 is 0 Å². The van der Waals surface area contributed by atoms with Crippen molar-refractivity contribution < 1.29 is 9.21 Å². The molecule has 0 unspecified atom stereocenters. The Morgan fingerprint density at radius 1 is 1.45 bits per heavy atom. The fourth-order valence-corrected chi connectivity index (χ4v) is 1.51. The summed E-state index contributed by atoms with van der Waals surface area (Å²) in [4.78, 5) is 11.8. The smallest absolute Gasteiger partial charge is 0.267 e. The molecule has 1 heterocycles. The third-order valence-electron chi connectivity index (χ3n) is 2.25. The van der Waals surface area contributed by atoms with Crippen LogP contribution in [0.25, 0.3) is 0 Å². The van der Waals surface area contributed by atoms with Gasteiger partial charge in [0.05, 0.1) is 12.5 Å². The van der Waals surface area contributed by atoms with Crippen molar-refractivity contribution in [3.63, 3.8) is 0 Å². The lowest BCUT2D eigenvalue weighted by Crippen LogP contribution is -2.19. The summed E-state index contributed by atoms with van der Waals surface area (Å²) in [5, 5.41) is 4.40. The van der Waals surface area contributed by atoms with Gasteiger partial charge in [0, 0.05) is 10.6 Å². The quantitative estimate of drug-likeness (QED) is 0.681. The van der Waals surface area contributed by atoms with E-state index < -0.39 is 0 Å². The van der Waals surface area contributed by atoms with Gasteiger partial charge in [0.25, 0.3) is 5.91 Å². The normalized spacial score (nSPS) is 13.9. The summed E-state index contributed by atoms with van der Waals surface area (Å²) in [5.74, 6) is 0.318. The summed E-state index contributed by atoms with van der Waals surface area (Å²) in [6.45, 7) is 4.00. The number of hydrogen-bond acceptors (Lipinski definition) is 3. The van der Waals surface area contributed by atoms with Crippen LogP contribution in [0.5, 0.6) is 0 Å².